The molecule has 0 aromatic carbocycles. The molecule has 1 N–H and O–H groups in total. The zero-order valence-corrected chi connectivity index (χ0v) is 10.4. The van der Waals surface area contributed by atoms with Crippen LogP contribution in [0.1, 0.15) is 43.6 Å². The third-order valence-corrected chi connectivity index (χ3v) is 2.53. The van der Waals surface area contributed by atoms with E-state index in [1.807, 2.05) is 6.92 Å². The standard InChI is InChI=1S/C12H17ClN2O/c1-3-4-6-9(2)14-12(16)10-7-5-8-11(13)15-10/h5,7-9H,3-4,6H2,1-2H3,(H,14,16). The van der Waals surface area contributed by atoms with Crippen molar-refractivity contribution in [3.63, 3.8) is 0 Å². The van der Waals surface area contributed by atoms with Gasteiger partial charge in [0.1, 0.15) is 10.8 Å². The first-order valence-electron chi connectivity index (χ1n) is 5.57. The maximum Gasteiger partial charge on any atom is 0.270 e. The van der Waals surface area contributed by atoms with Crippen LogP contribution in [-0.4, -0.2) is 16.9 Å². The van der Waals surface area contributed by atoms with Crippen LogP contribution in [0.3, 0.4) is 0 Å². The van der Waals surface area contributed by atoms with Crippen molar-refractivity contribution in [2.24, 2.45) is 0 Å². The third-order valence-electron chi connectivity index (χ3n) is 2.32. The average Bonchev–Trinajstić information content (AvgIpc) is 2.26. The van der Waals surface area contributed by atoms with Gasteiger partial charge in [-0.1, -0.05) is 37.4 Å². The Morgan fingerprint density at radius 1 is 1.56 bits per heavy atom. The normalized spacial score (nSPS) is 12.2. The van der Waals surface area contributed by atoms with Crippen molar-refractivity contribution < 1.29 is 4.79 Å². The highest BCUT2D eigenvalue weighted by atomic mass is 35.5. The van der Waals surface area contributed by atoms with Crippen LogP contribution in [0.15, 0.2) is 18.2 Å². The fourth-order valence-electron chi connectivity index (χ4n) is 1.41. The molecule has 0 fully saturated rings. The summed E-state index contributed by atoms with van der Waals surface area (Å²) in [6, 6.07) is 5.21. The van der Waals surface area contributed by atoms with Crippen molar-refractivity contribution in [3.05, 3.63) is 29.0 Å². The molecule has 0 radical (unpaired) electrons. The maximum absolute atomic E-state index is 11.7. The van der Waals surface area contributed by atoms with Gasteiger partial charge in [0.25, 0.3) is 5.91 Å². The summed E-state index contributed by atoms with van der Waals surface area (Å²) < 4.78 is 0. The van der Waals surface area contributed by atoms with Gasteiger partial charge in [0.15, 0.2) is 0 Å². The maximum atomic E-state index is 11.7. The Morgan fingerprint density at radius 2 is 2.31 bits per heavy atom. The predicted octanol–water partition coefficient (Wildman–Crippen LogP) is 3.04. The number of hydrogen-bond donors (Lipinski definition) is 1. The number of pyridine rings is 1. The predicted molar refractivity (Wildman–Crippen MR) is 65.7 cm³/mol. The Morgan fingerprint density at radius 3 is 2.94 bits per heavy atom. The molecular formula is C12H17ClN2O. The van der Waals surface area contributed by atoms with Crippen LogP contribution < -0.4 is 5.32 Å². The van der Waals surface area contributed by atoms with Crippen molar-refractivity contribution in [2.45, 2.75) is 39.2 Å². The van der Waals surface area contributed by atoms with Crippen molar-refractivity contribution in [2.75, 3.05) is 0 Å². The lowest BCUT2D eigenvalue weighted by molar-refractivity contribution is 0.0933. The zero-order chi connectivity index (χ0) is 12.0. The minimum absolute atomic E-state index is 0.161. The number of nitrogens with zero attached hydrogens (tertiary/aromatic N) is 1. The Hall–Kier alpha value is -1.09. The molecule has 0 bridgehead atoms. The average molecular weight is 241 g/mol. The molecule has 0 aliphatic carbocycles. The van der Waals surface area contributed by atoms with Gasteiger partial charge in [-0.25, -0.2) is 4.98 Å². The summed E-state index contributed by atoms with van der Waals surface area (Å²) in [6.07, 6.45) is 3.24. The van der Waals surface area contributed by atoms with Gasteiger partial charge in [0.05, 0.1) is 0 Å². The van der Waals surface area contributed by atoms with Crippen LogP contribution in [0.4, 0.5) is 0 Å². The SMILES string of the molecule is CCCCC(C)NC(=O)c1cccc(Cl)n1. The van der Waals surface area contributed by atoms with Gasteiger partial charge in [0.2, 0.25) is 0 Å². The summed E-state index contributed by atoms with van der Waals surface area (Å²) in [5, 5.41) is 3.24. The van der Waals surface area contributed by atoms with E-state index in [9.17, 15) is 4.79 Å². The summed E-state index contributed by atoms with van der Waals surface area (Å²) >= 11 is 5.72. The zero-order valence-electron chi connectivity index (χ0n) is 9.66. The van der Waals surface area contributed by atoms with E-state index in [1.54, 1.807) is 18.2 Å². The first-order chi connectivity index (χ1) is 7.63. The van der Waals surface area contributed by atoms with Gasteiger partial charge >= 0.3 is 0 Å². The lowest BCUT2D eigenvalue weighted by atomic mass is 10.1. The van der Waals surface area contributed by atoms with E-state index in [0.717, 1.165) is 19.3 Å². The summed E-state index contributed by atoms with van der Waals surface area (Å²) in [4.78, 5) is 15.7. The van der Waals surface area contributed by atoms with Crippen LogP contribution in [-0.2, 0) is 0 Å². The Labute approximate surface area is 101 Å². The van der Waals surface area contributed by atoms with E-state index in [0.29, 0.717) is 10.8 Å². The van der Waals surface area contributed by atoms with Gasteiger partial charge < -0.3 is 5.32 Å². The van der Waals surface area contributed by atoms with E-state index in [2.05, 4.69) is 17.2 Å². The number of halogens is 1. The molecule has 16 heavy (non-hydrogen) atoms. The second-order valence-corrected chi connectivity index (χ2v) is 4.25. The van der Waals surface area contributed by atoms with E-state index in [4.69, 9.17) is 11.6 Å². The molecule has 1 aromatic rings. The molecule has 1 amide bonds. The number of carbonyl (C=O) groups excluding carboxylic acids is 1. The summed E-state index contributed by atoms with van der Waals surface area (Å²) in [7, 11) is 0. The molecule has 0 spiro atoms. The van der Waals surface area contributed by atoms with Crippen LogP contribution in [0.5, 0.6) is 0 Å². The van der Waals surface area contributed by atoms with Crippen molar-refractivity contribution in [1.82, 2.24) is 10.3 Å². The fourth-order valence-corrected chi connectivity index (χ4v) is 1.58. The first kappa shape index (κ1) is 13.0. The van der Waals surface area contributed by atoms with Crippen molar-refractivity contribution >= 4 is 17.5 Å². The number of nitrogens with one attached hydrogen (secondary N) is 1. The van der Waals surface area contributed by atoms with Gasteiger partial charge in [0, 0.05) is 6.04 Å². The third kappa shape index (κ3) is 4.19. The number of aromatic nitrogens is 1. The first-order valence-corrected chi connectivity index (χ1v) is 5.94. The summed E-state index contributed by atoms with van der Waals surface area (Å²) in [6.45, 7) is 4.13. The number of unbranched alkanes of at least 4 members (excludes halogenated alkanes) is 1. The smallest absolute Gasteiger partial charge is 0.270 e. The Kier molecular flexibility index (Phi) is 5.26. The van der Waals surface area contributed by atoms with E-state index in [-0.39, 0.29) is 11.9 Å². The van der Waals surface area contributed by atoms with Gasteiger partial charge in [-0.05, 0) is 25.5 Å². The molecule has 0 aliphatic heterocycles. The van der Waals surface area contributed by atoms with Crippen LogP contribution in [0.2, 0.25) is 5.15 Å². The topological polar surface area (TPSA) is 42.0 Å². The van der Waals surface area contributed by atoms with Crippen molar-refractivity contribution in [1.29, 1.82) is 0 Å². The lowest BCUT2D eigenvalue weighted by Crippen LogP contribution is -2.33. The highest BCUT2D eigenvalue weighted by Crippen LogP contribution is 2.06. The highest BCUT2D eigenvalue weighted by molar-refractivity contribution is 6.29. The molecule has 1 aromatic heterocycles. The Bertz CT molecular complexity index is 355. The number of rotatable bonds is 5. The molecule has 4 heteroatoms. The molecule has 0 saturated carbocycles. The number of hydrogen-bond acceptors (Lipinski definition) is 2. The van der Waals surface area contributed by atoms with Gasteiger partial charge in [-0.15, -0.1) is 0 Å². The van der Waals surface area contributed by atoms with Crippen LogP contribution >= 0.6 is 11.6 Å². The number of amides is 1. The van der Waals surface area contributed by atoms with Crippen molar-refractivity contribution in [3.8, 4) is 0 Å². The van der Waals surface area contributed by atoms with Gasteiger partial charge in [-0.3, -0.25) is 4.79 Å². The van der Waals surface area contributed by atoms with E-state index in [1.165, 1.54) is 0 Å². The molecule has 3 nitrogen and oxygen atoms in total. The summed E-state index contributed by atoms with van der Waals surface area (Å²) in [5.74, 6) is -0.161. The quantitative estimate of drug-likeness (QED) is 0.804. The highest BCUT2D eigenvalue weighted by Gasteiger charge is 2.10. The Balaban J connectivity index is 2.52. The lowest BCUT2D eigenvalue weighted by Gasteiger charge is -2.12. The molecule has 88 valence electrons. The second-order valence-electron chi connectivity index (χ2n) is 3.86. The second kappa shape index (κ2) is 6.48. The van der Waals surface area contributed by atoms with E-state index >= 15 is 0 Å². The minimum Gasteiger partial charge on any atom is -0.348 e. The van der Waals surface area contributed by atoms with E-state index < -0.39 is 0 Å². The van der Waals surface area contributed by atoms with Crippen LogP contribution in [0.25, 0.3) is 0 Å². The van der Waals surface area contributed by atoms with Crippen LogP contribution in [0, 0.1) is 0 Å². The molecule has 1 unspecified atom stereocenters. The molecule has 1 rings (SSSR count). The molecular weight excluding hydrogens is 224 g/mol. The minimum atomic E-state index is -0.161. The molecule has 0 saturated heterocycles. The summed E-state index contributed by atoms with van der Waals surface area (Å²) in [5.41, 5.74) is 0.371. The molecule has 0 aliphatic rings. The largest absolute Gasteiger partial charge is 0.348 e. The number of carbonyl (C=O) groups is 1. The fraction of sp³-hybridized carbons (Fsp3) is 0.500. The molecule has 1 heterocycles. The molecule has 1 atom stereocenters. The van der Waals surface area contributed by atoms with Gasteiger partial charge in [-0.2, -0.15) is 0 Å². The monoisotopic (exact) mass is 240 g/mol.